The highest BCUT2D eigenvalue weighted by molar-refractivity contribution is 9.11. The summed E-state index contributed by atoms with van der Waals surface area (Å²) >= 11 is 7.43. The molecular formula is C12H8Br2N4O4S. The summed E-state index contributed by atoms with van der Waals surface area (Å²) in [6, 6.07) is 3.86. The molecule has 0 aliphatic rings. The number of nitrogens with zero attached hydrogens (tertiary/aromatic N) is 2. The van der Waals surface area contributed by atoms with Crippen molar-refractivity contribution in [2.75, 3.05) is 11.1 Å². The minimum atomic E-state index is -0.533. The van der Waals surface area contributed by atoms with E-state index in [9.17, 15) is 19.7 Å². The van der Waals surface area contributed by atoms with Gasteiger partial charge in [-0.2, -0.15) is 0 Å². The summed E-state index contributed by atoms with van der Waals surface area (Å²) in [6.07, 6.45) is 1.35. The second-order valence-electron chi connectivity index (χ2n) is 4.12. The largest absolute Gasteiger partial charge is 0.323 e. The number of aromatic nitrogens is 2. The van der Waals surface area contributed by atoms with E-state index in [1.54, 1.807) is 0 Å². The quantitative estimate of drug-likeness (QED) is 0.304. The number of halogens is 2. The fraction of sp³-hybridized carbons (Fsp3) is 0.0833. The van der Waals surface area contributed by atoms with E-state index in [0.717, 1.165) is 11.8 Å². The number of rotatable bonds is 5. The monoisotopic (exact) mass is 462 g/mol. The second-order valence-corrected chi connectivity index (χ2v) is 6.79. The summed E-state index contributed by atoms with van der Waals surface area (Å²) in [6.45, 7) is 0. The summed E-state index contributed by atoms with van der Waals surface area (Å²) in [7, 11) is 0. The number of non-ortho nitro benzene ring substituents is 1. The summed E-state index contributed by atoms with van der Waals surface area (Å²) in [5.74, 6) is -0.334. The molecule has 0 saturated heterocycles. The van der Waals surface area contributed by atoms with E-state index in [1.807, 2.05) is 0 Å². The molecule has 11 heteroatoms. The SMILES string of the molecule is O=C(CSc1nccc(=O)[nH]1)Nc1c(Br)cc([N+](=O)[O-])cc1Br. The maximum absolute atomic E-state index is 12.0. The van der Waals surface area contributed by atoms with Crippen LogP contribution in [0.5, 0.6) is 0 Å². The lowest BCUT2D eigenvalue weighted by atomic mass is 10.3. The summed E-state index contributed by atoms with van der Waals surface area (Å²) in [5, 5.41) is 13.7. The molecule has 120 valence electrons. The first kappa shape index (κ1) is 17.6. The van der Waals surface area contributed by atoms with Crippen LogP contribution >= 0.6 is 43.6 Å². The first-order valence-corrected chi connectivity index (χ1v) is 8.55. The van der Waals surface area contributed by atoms with Crippen LogP contribution in [0, 0.1) is 10.1 Å². The zero-order valence-electron chi connectivity index (χ0n) is 11.2. The molecule has 2 aromatic rings. The Bertz CT molecular complexity index is 804. The smallest absolute Gasteiger partial charge is 0.271 e. The average Bonchev–Trinajstić information content (AvgIpc) is 2.48. The maximum Gasteiger partial charge on any atom is 0.271 e. The Kier molecular flexibility index (Phi) is 5.91. The topological polar surface area (TPSA) is 118 Å². The third-order valence-electron chi connectivity index (χ3n) is 2.49. The van der Waals surface area contributed by atoms with Gasteiger partial charge in [-0.25, -0.2) is 4.98 Å². The van der Waals surface area contributed by atoms with Crippen molar-refractivity contribution in [2.24, 2.45) is 0 Å². The number of benzene rings is 1. The molecule has 0 saturated carbocycles. The molecule has 2 N–H and O–H groups in total. The number of hydrogen-bond acceptors (Lipinski definition) is 6. The lowest BCUT2D eigenvalue weighted by molar-refractivity contribution is -0.385. The van der Waals surface area contributed by atoms with E-state index >= 15 is 0 Å². The minimum Gasteiger partial charge on any atom is -0.323 e. The number of amides is 1. The van der Waals surface area contributed by atoms with E-state index in [2.05, 4.69) is 47.1 Å². The standard InChI is InChI=1S/C12H8Br2N4O4S/c13-7-3-6(18(21)22)4-8(14)11(7)16-10(20)5-23-12-15-2-1-9(19)17-12/h1-4H,5H2,(H,16,20)(H,15,17,19). The number of thioether (sulfide) groups is 1. The molecule has 1 heterocycles. The van der Waals surface area contributed by atoms with Gasteiger partial charge in [0.15, 0.2) is 5.16 Å². The van der Waals surface area contributed by atoms with Gasteiger partial charge in [-0.1, -0.05) is 11.8 Å². The Labute approximate surface area is 150 Å². The van der Waals surface area contributed by atoms with E-state index in [-0.39, 0.29) is 22.9 Å². The molecule has 2 rings (SSSR count). The number of anilines is 1. The normalized spacial score (nSPS) is 10.3. The number of aromatic amines is 1. The molecule has 0 aliphatic heterocycles. The van der Waals surface area contributed by atoms with E-state index in [4.69, 9.17) is 0 Å². The molecule has 23 heavy (non-hydrogen) atoms. The Morgan fingerprint density at radius 2 is 2.04 bits per heavy atom. The molecule has 1 aromatic heterocycles. The summed E-state index contributed by atoms with van der Waals surface area (Å²) in [4.78, 5) is 39.7. The van der Waals surface area contributed by atoms with Crippen molar-refractivity contribution >= 4 is 60.9 Å². The molecule has 0 atom stereocenters. The van der Waals surface area contributed by atoms with Crippen LogP contribution < -0.4 is 10.9 Å². The first-order valence-electron chi connectivity index (χ1n) is 5.98. The van der Waals surface area contributed by atoms with Crippen molar-refractivity contribution in [2.45, 2.75) is 5.16 Å². The molecule has 0 radical (unpaired) electrons. The van der Waals surface area contributed by atoms with Gasteiger partial charge in [0.1, 0.15) is 0 Å². The van der Waals surface area contributed by atoms with Crippen LogP contribution in [0.4, 0.5) is 11.4 Å². The number of nitro benzene ring substituents is 1. The van der Waals surface area contributed by atoms with Crippen LogP contribution in [0.3, 0.4) is 0 Å². The Hall–Kier alpha value is -1.72. The molecule has 1 amide bonds. The van der Waals surface area contributed by atoms with Gasteiger partial charge in [-0.05, 0) is 31.9 Å². The van der Waals surface area contributed by atoms with Gasteiger partial charge in [-0.3, -0.25) is 19.7 Å². The minimum absolute atomic E-state index is 0.0167. The molecule has 0 bridgehead atoms. The van der Waals surface area contributed by atoms with Gasteiger partial charge in [-0.15, -0.1) is 0 Å². The Balaban J connectivity index is 2.05. The number of carbonyl (C=O) groups excluding carboxylic acids is 1. The van der Waals surface area contributed by atoms with Crippen LogP contribution in [0.25, 0.3) is 0 Å². The van der Waals surface area contributed by atoms with Crippen molar-refractivity contribution in [3.05, 3.63) is 53.8 Å². The Morgan fingerprint density at radius 3 is 2.61 bits per heavy atom. The fourth-order valence-electron chi connectivity index (χ4n) is 1.52. The number of nitrogens with one attached hydrogen (secondary N) is 2. The first-order chi connectivity index (χ1) is 10.9. The van der Waals surface area contributed by atoms with E-state index < -0.39 is 4.92 Å². The number of nitro groups is 1. The van der Waals surface area contributed by atoms with E-state index in [1.165, 1.54) is 24.4 Å². The third kappa shape index (κ3) is 4.88. The molecule has 0 unspecified atom stereocenters. The molecule has 1 aromatic carbocycles. The number of H-pyrrole nitrogens is 1. The number of carbonyl (C=O) groups is 1. The number of hydrogen-bond donors (Lipinski definition) is 2. The van der Waals surface area contributed by atoms with Crippen LogP contribution in [-0.4, -0.2) is 26.6 Å². The van der Waals surface area contributed by atoms with Crippen LogP contribution in [-0.2, 0) is 4.79 Å². The Morgan fingerprint density at radius 1 is 1.39 bits per heavy atom. The third-order valence-corrected chi connectivity index (χ3v) is 4.63. The highest BCUT2D eigenvalue weighted by atomic mass is 79.9. The highest BCUT2D eigenvalue weighted by Crippen LogP contribution is 2.35. The van der Waals surface area contributed by atoms with Crippen molar-refractivity contribution in [1.82, 2.24) is 9.97 Å². The lowest BCUT2D eigenvalue weighted by Gasteiger charge is -2.09. The van der Waals surface area contributed by atoms with Gasteiger partial charge >= 0.3 is 0 Å². The van der Waals surface area contributed by atoms with Gasteiger partial charge in [0.05, 0.1) is 16.4 Å². The van der Waals surface area contributed by atoms with Gasteiger partial charge in [0.25, 0.3) is 11.2 Å². The fourth-order valence-corrected chi connectivity index (χ4v) is 3.53. The zero-order valence-corrected chi connectivity index (χ0v) is 15.2. The van der Waals surface area contributed by atoms with Gasteiger partial charge in [0, 0.05) is 33.3 Å². The maximum atomic E-state index is 12.0. The highest BCUT2D eigenvalue weighted by Gasteiger charge is 2.16. The summed E-state index contributed by atoms with van der Waals surface area (Å²) < 4.78 is 0.756. The zero-order chi connectivity index (χ0) is 17.0. The van der Waals surface area contributed by atoms with Crippen molar-refractivity contribution < 1.29 is 9.72 Å². The molecule has 0 fully saturated rings. The van der Waals surface area contributed by atoms with Crippen LogP contribution in [0.1, 0.15) is 0 Å². The van der Waals surface area contributed by atoms with Crippen LogP contribution in [0.2, 0.25) is 0 Å². The summed E-state index contributed by atoms with van der Waals surface area (Å²) in [5.41, 5.74) is -0.0262. The lowest BCUT2D eigenvalue weighted by Crippen LogP contribution is -2.16. The van der Waals surface area contributed by atoms with Crippen molar-refractivity contribution in [3.8, 4) is 0 Å². The molecule has 0 aliphatic carbocycles. The molecule has 8 nitrogen and oxygen atoms in total. The predicted octanol–water partition coefficient (Wildman–Crippen LogP) is 2.93. The van der Waals surface area contributed by atoms with Crippen LogP contribution in [0.15, 0.2) is 43.3 Å². The van der Waals surface area contributed by atoms with Gasteiger partial charge in [0.2, 0.25) is 5.91 Å². The van der Waals surface area contributed by atoms with Crippen molar-refractivity contribution in [3.63, 3.8) is 0 Å². The molecular weight excluding hydrogens is 456 g/mol. The average molecular weight is 464 g/mol. The second kappa shape index (κ2) is 7.70. The predicted molar refractivity (Wildman–Crippen MR) is 92.7 cm³/mol. The van der Waals surface area contributed by atoms with Crippen molar-refractivity contribution in [1.29, 1.82) is 0 Å². The van der Waals surface area contributed by atoms with Gasteiger partial charge < -0.3 is 10.3 Å². The molecule has 0 spiro atoms. The van der Waals surface area contributed by atoms with E-state index in [0.29, 0.717) is 19.8 Å².